The maximum absolute atomic E-state index is 12.7. The molecule has 0 aliphatic rings. The Labute approximate surface area is 117 Å². The lowest BCUT2D eigenvalue weighted by atomic mass is 10.2. The van der Waals surface area contributed by atoms with E-state index in [-0.39, 0.29) is 43.1 Å². The third kappa shape index (κ3) is 6.17. The van der Waals surface area contributed by atoms with Crippen LogP contribution in [0.15, 0.2) is 24.3 Å². The van der Waals surface area contributed by atoms with E-state index in [1.54, 1.807) is 19.2 Å². The van der Waals surface area contributed by atoms with E-state index in [1.165, 1.54) is 17.0 Å². The minimum absolute atomic E-state index is 0. The van der Waals surface area contributed by atoms with Crippen LogP contribution in [0.2, 0.25) is 0 Å². The van der Waals surface area contributed by atoms with Gasteiger partial charge in [0.25, 0.3) is 0 Å². The van der Waals surface area contributed by atoms with Gasteiger partial charge in [0.2, 0.25) is 11.8 Å². The fourth-order valence-corrected chi connectivity index (χ4v) is 1.33. The minimum atomic E-state index is -0.376. The van der Waals surface area contributed by atoms with Gasteiger partial charge in [-0.2, -0.15) is 0 Å². The van der Waals surface area contributed by atoms with E-state index in [1.807, 2.05) is 0 Å². The number of nitrogens with zero attached hydrogens (tertiary/aromatic N) is 1. The monoisotopic (exact) mass is 289 g/mol. The molecule has 106 valence electrons. The Morgan fingerprint density at radius 1 is 1.32 bits per heavy atom. The molecule has 0 aliphatic carbocycles. The Hall–Kier alpha value is -1.66. The van der Waals surface area contributed by atoms with Gasteiger partial charge in [-0.1, -0.05) is 12.1 Å². The van der Waals surface area contributed by atoms with Gasteiger partial charge in [-0.25, -0.2) is 4.39 Å². The van der Waals surface area contributed by atoms with Crippen LogP contribution in [0, 0.1) is 5.82 Å². The first-order chi connectivity index (χ1) is 8.52. The minimum Gasteiger partial charge on any atom is -0.346 e. The zero-order chi connectivity index (χ0) is 13.5. The largest absolute Gasteiger partial charge is 0.346 e. The maximum atomic E-state index is 12.7. The molecule has 0 heterocycles. The number of likely N-dealkylation sites (N-methyl/N-ethyl adjacent to an activating group) is 1. The molecule has 2 amide bonds. The van der Waals surface area contributed by atoms with Crippen LogP contribution in [0.1, 0.15) is 5.56 Å². The molecule has 3 N–H and O–H groups in total. The molecule has 5 nitrogen and oxygen atoms in total. The first-order valence-corrected chi connectivity index (χ1v) is 5.48. The number of halogens is 2. The molecule has 0 aromatic heterocycles. The highest BCUT2D eigenvalue weighted by molar-refractivity contribution is 5.85. The molecular weight excluding hydrogens is 273 g/mol. The van der Waals surface area contributed by atoms with E-state index in [4.69, 9.17) is 5.73 Å². The second kappa shape index (κ2) is 8.44. The van der Waals surface area contributed by atoms with E-state index in [0.29, 0.717) is 6.54 Å². The molecule has 7 heteroatoms. The summed E-state index contributed by atoms with van der Waals surface area (Å²) in [6.45, 7) is 0.125. The average Bonchev–Trinajstić information content (AvgIpc) is 2.38. The van der Waals surface area contributed by atoms with Crippen LogP contribution >= 0.6 is 12.4 Å². The van der Waals surface area contributed by atoms with Crippen molar-refractivity contribution in [1.29, 1.82) is 0 Å². The Morgan fingerprint density at radius 2 is 1.89 bits per heavy atom. The molecule has 0 spiro atoms. The van der Waals surface area contributed by atoms with E-state index in [2.05, 4.69) is 5.32 Å². The van der Waals surface area contributed by atoms with Gasteiger partial charge in [-0.05, 0) is 17.7 Å². The van der Waals surface area contributed by atoms with E-state index in [9.17, 15) is 14.0 Å². The second-order valence-electron chi connectivity index (χ2n) is 3.86. The van der Waals surface area contributed by atoms with Crippen molar-refractivity contribution in [3.63, 3.8) is 0 Å². The van der Waals surface area contributed by atoms with Crippen molar-refractivity contribution in [2.24, 2.45) is 5.73 Å². The maximum Gasteiger partial charge on any atom is 0.242 e. The molecule has 1 aromatic rings. The number of carbonyl (C=O) groups excluding carboxylic acids is 2. The topological polar surface area (TPSA) is 75.4 Å². The molecule has 0 radical (unpaired) electrons. The summed E-state index contributed by atoms with van der Waals surface area (Å²) >= 11 is 0. The summed E-state index contributed by atoms with van der Waals surface area (Å²) in [6.07, 6.45) is 0. The van der Waals surface area contributed by atoms with E-state index < -0.39 is 0 Å². The first-order valence-electron chi connectivity index (χ1n) is 5.48. The number of nitrogens with one attached hydrogen (secondary N) is 1. The predicted octanol–water partition coefficient (Wildman–Crippen LogP) is 0.281. The summed E-state index contributed by atoms with van der Waals surface area (Å²) in [7, 11) is 1.61. The number of rotatable bonds is 5. The van der Waals surface area contributed by atoms with Crippen LogP contribution < -0.4 is 11.1 Å². The summed E-state index contributed by atoms with van der Waals surface area (Å²) in [5, 5.41) is 2.39. The molecule has 1 aromatic carbocycles. The highest BCUT2D eigenvalue weighted by atomic mass is 35.5. The van der Waals surface area contributed by atoms with Gasteiger partial charge in [-0.3, -0.25) is 9.59 Å². The molecule has 0 bridgehead atoms. The van der Waals surface area contributed by atoms with Crippen molar-refractivity contribution in [1.82, 2.24) is 10.2 Å². The summed E-state index contributed by atoms with van der Waals surface area (Å²) in [5.74, 6) is -0.928. The van der Waals surface area contributed by atoms with Gasteiger partial charge in [0.15, 0.2) is 0 Å². The van der Waals surface area contributed by atoms with Crippen molar-refractivity contribution in [3.8, 4) is 0 Å². The van der Waals surface area contributed by atoms with Gasteiger partial charge >= 0.3 is 0 Å². The number of carbonyl (C=O) groups is 2. The Balaban J connectivity index is 0.00000324. The third-order valence-corrected chi connectivity index (χ3v) is 2.38. The number of hydrogen-bond acceptors (Lipinski definition) is 3. The second-order valence-corrected chi connectivity index (χ2v) is 3.86. The SMILES string of the molecule is CN(Cc1ccc(F)cc1)C(=O)CNC(=O)CN.Cl. The van der Waals surface area contributed by atoms with Gasteiger partial charge in [0, 0.05) is 13.6 Å². The van der Waals surface area contributed by atoms with E-state index in [0.717, 1.165) is 5.56 Å². The Kier molecular flexibility index (Phi) is 7.71. The van der Waals surface area contributed by atoms with Gasteiger partial charge in [-0.15, -0.1) is 12.4 Å². The number of amides is 2. The van der Waals surface area contributed by atoms with Crippen LogP contribution in [0.3, 0.4) is 0 Å². The summed E-state index contributed by atoms with van der Waals surface area (Å²) in [6, 6.07) is 5.89. The Morgan fingerprint density at radius 3 is 2.42 bits per heavy atom. The zero-order valence-corrected chi connectivity index (χ0v) is 11.4. The number of nitrogens with two attached hydrogens (primary N) is 1. The molecule has 1 rings (SSSR count). The predicted molar refractivity (Wildman–Crippen MR) is 72.2 cm³/mol. The third-order valence-electron chi connectivity index (χ3n) is 2.38. The molecule has 0 saturated carbocycles. The first kappa shape index (κ1) is 17.3. The lowest BCUT2D eigenvalue weighted by molar-refractivity contribution is -0.131. The fourth-order valence-electron chi connectivity index (χ4n) is 1.33. The van der Waals surface area contributed by atoms with Crippen LogP contribution in [0.25, 0.3) is 0 Å². The summed E-state index contributed by atoms with van der Waals surface area (Å²) in [4.78, 5) is 24.0. The van der Waals surface area contributed by atoms with Crippen molar-refractivity contribution in [3.05, 3.63) is 35.6 Å². The smallest absolute Gasteiger partial charge is 0.242 e. The van der Waals surface area contributed by atoms with Crippen molar-refractivity contribution < 1.29 is 14.0 Å². The van der Waals surface area contributed by atoms with Crippen LogP contribution in [0.5, 0.6) is 0 Å². The molecule has 19 heavy (non-hydrogen) atoms. The number of hydrogen-bond donors (Lipinski definition) is 2. The molecule has 0 atom stereocenters. The average molecular weight is 290 g/mol. The molecule has 0 fully saturated rings. The van der Waals surface area contributed by atoms with E-state index >= 15 is 0 Å². The molecule has 0 unspecified atom stereocenters. The van der Waals surface area contributed by atoms with Gasteiger partial charge in [0.1, 0.15) is 5.82 Å². The van der Waals surface area contributed by atoms with Crippen molar-refractivity contribution in [2.45, 2.75) is 6.54 Å². The van der Waals surface area contributed by atoms with Crippen LogP contribution in [-0.4, -0.2) is 36.9 Å². The van der Waals surface area contributed by atoms with Crippen LogP contribution in [0.4, 0.5) is 4.39 Å². The van der Waals surface area contributed by atoms with Crippen molar-refractivity contribution in [2.75, 3.05) is 20.1 Å². The molecular formula is C12H17ClFN3O2. The summed E-state index contributed by atoms with van der Waals surface area (Å²) in [5.41, 5.74) is 5.92. The Bertz CT molecular complexity index is 425. The highest BCUT2D eigenvalue weighted by Gasteiger charge is 2.10. The van der Waals surface area contributed by atoms with Crippen LogP contribution in [-0.2, 0) is 16.1 Å². The molecule has 0 saturated heterocycles. The summed E-state index contributed by atoms with van der Waals surface area (Å²) < 4.78 is 12.7. The number of benzene rings is 1. The standard InChI is InChI=1S/C12H16FN3O2.ClH/c1-16(12(18)7-15-11(17)6-14)8-9-2-4-10(13)5-3-9;/h2-5H,6-8,14H2,1H3,(H,15,17);1H. The zero-order valence-electron chi connectivity index (χ0n) is 10.6. The lowest BCUT2D eigenvalue weighted by Gasteiger charge is -2.17. The fraction of sp³-hybridized carbons (Fsp3) is 0.333. The van der Waals surface area contributed by atoms with Gasteiger partial charge in [0.05, 0.1) is 13.1 Å². The van der Waals surface area contributed by atoms with Crippen molar-refractivity contribution >= 4 is 24.2 Å². The molecule has 0 aliphatic heterocycles. The highest BCUT2D eigenvalue weighted by Crippen LogP contribution is 2.05. The lowest BCUT2D eigenvalue weighted by Crippen LogP contribution is -2.40. The quantitative estimate of drug-likeness (QED) is 0.818. The van der Waals surface area contributed by atoms with Gasteiger partial charge < -0.3 is 16.0 Å². The normalized spacial score (nSPS) is 9.42.